The van der Waals surface area contributed by atoms with Gasteiger partial charge in [-0.05, 0) is 31.9 Å². The highest BCUT2D eigenvalue weighted by Crippen LogP contribution is 2.27. The zero-order chi connectivity index (χ0) is 15.2. The standard InChI is InChI=1S/C17H26N4/c1-5-7-12-21(13(3)6-2)16-14-10-8-9-11-15(14)19-17(18-4)20-16/h8-11,13H,5-7,12H2,1-4H3,(H,18,19,20). The molecule has 0 spiro atoms. The van der Waals surface area contributed by atoms with Gasteiger partial charge < -0.3 is 10.2 Å². The molecule has 1 N–H and O–H groups in total. The summed E-state index contributed by atoms with van der Waals surface area (Å²) >= 11 is 0. The van der Waals surface area contributed by atoms with Crippen molar-refractivity contribution in [2.75, 3.05) is 23.8 Å². The van der Waals surface area contributed by atoms with Gasteiger partial charge in [-0.15, -0.1) is 0 Å². The molecule has 21 heavy (non-hydrogen) atoms. The summed E-state index contributed by atoms with van der Waals surface area (Å²) in [6, 6.07) is 8.72. The van der Waals surface area contributed by atoms with Gasteiger partial charge in [0.15, 0.2) is 0 Å². The summed E-state index contributed by atoms with van der Waals surface area (Å²) in [5.41, 5.74) is 0.997. The minimum absolute atomic E-state index is 0.472. The summed E-state index contributed by atoms with van der Waals surface area (Å²) < 4.78 is 0. The molecule has 1 atom stereocenters. The van der Waals surface area contributed by atoms with Crippen molar-refractivity contribution in [3.05, 3.63) is 24.3 Å². The van der Waals surface area contributed by atoms with Crippen LogP contribution in [0.5, 0.6) is 0 Å². The molecule has 2 aromatic rings. The average Bonchev–Trinajstić information content (AvgIpc) is 2.54. The lowest BCUT2D eigenvalue weighted by atomic mass is 10.1. The maximum atomic E-state index is 4.75. The van der Waals surface area contributed by atoms with Crippen LogP contribution in [0.3, 0.4) is 0 Å². The van der Waals surface area contributed by atoms with Crippen molar-refractivity contribution < 1.29 is 0 Å². The third kappa shape index (κ3) is 3.43. The molecule has 0 aliphatic heterocycles. The van der Waals surface area contributed by atoms with E-state index in [9.17, 15) is 0 Å². The van der Waals surface area contributed by atoms with Crippen molar-refractivity contribution in [3.8, 4) is 0 Å². The van der Waals surface area contributed by atoms with E-state index in [1.807, 2.05) is 13.1 Å². The van der Waals surface area contributed by atoms with Crippen LogP contribution in [0.2, 0.25) is 0 Å². The van der Waals surface area contributed by atoms with E-state index in [-0.39, 0.29) is 0 Å². The molecule has 1 heterocycles. The van der Waals surface area contributed by atoms with Crippen LogP contribution in [0.4, 0.5) is 11.8 Å². The fourth-order valence-corrected chi connectivity index (χ4v) is 2.47. The average molecular weight is 286 g/mol. The Morgan fingerprint density at radius 3 is 2.62 bits per heavy atom. The Hall–Kier alpha value is -1.84. The quantitative estimate of drug-likeness (QED) is 0.832. The first-order valence-corrected chi connectivity index (χ1v) is 7.92. The molecule has 1 unspecified atom stereocenters. The second kappa shape index (κ2) is 7.25. The van der Waals surface area contributed by atoms with Gasteiger partial charge in [0, 0.05) is 25.0 Å². The van der Waals surface area contributed by atoms with Crippen LogP contribution in [0, 0.1) is 0 Å². The van der Waals surface area contributed by atoms with E-state index in [1.54, 1.807) is 0 Å². The first-order valence-electron chi connectivity index (χ1n) is 7.92. The lowest BCUT2D eigenvalue weighted by molar-refractivity contribution is 0.591. The van der Waals surface area contributed by atoms with Crippen molar-refractivity contribution in [2.24, 2.45) is 0 Å². The highest BCUT2D eigenvalue weighted by molar-refractivity contribution is 5.90. The van der Waals surface area contributed by atoms with Gasteiger partial charge in [-0.3, -0.25) is 0 Å². The molecule has 0 amide bonds. The topological polar surface area (TPSA) is 41.1 Å². The highest BCUT2D eigenvalue weighted by atomic mass is 15.2. The molecule has 1 aromatic heterocycles. The molecule has 0 fully saturated rings. The Morgan fingerprint density at radius 2 is 1.95 bits per heavy atom. The van der Waals surface area contributed by atoms with Crippen LogP contribution >= 0.6 is 0 Å². The van der Waals surface area contributed by atoms with Crippen LogP contribution in [0.25, 0.3) is 10.9 Å². The van der Waals surface area contributed by atoms with Gasteiger partial charge in [0.05, 0.1) is 5.52 Å². The SMILES string of the molecule is CCCCN(c1nc(NC)nc2ccccc12)C(C)CC. The van der Waals surface area contributed by atoms with Gasteiger partial charge in [-0.1, -0.05) is 32.4 Å². The van der Waals surface area contributed by atoms with E-state index in [0.29, 0.717) is 12.0 Å². The molecule has 114 valence electrons. The molecule has 2 rings (SSSR count). The molecule has 1 aromatic carbocycles. The number of rotatable bonds is 7. The van der Waals surface area contributed by atoms with E-state index in [0.717, 1.165) is 29.7 Å². The second-order valence-corrected chi connectivity index (χ2v) is 5.44. The molecule has 0 saturated carbocycles. The summed E-state index contributed by atoms with van der Waals surface area (Å²) in [6.45, 7) is 7.76. The number of hydrogen-bond acceptors (Lipinski definition) is 4. The van der Waals surface area contributed by atoms with Crippen molar-refractivity contribution in [3.63, 3.8) is 0 Å². The predicted octanol–water partition coefficient (Wildman–Crippen LogP) is 4.08. The summed E-state index contributed by atoms with van der Waals surface area (Å²) in [6.07, 6.45) is 3.48. The first kappa shape index (κ1) is 15.5. The number of unbranched alkanes of at least 4 members (excludes halogenated alkanes) is 1. The maximum Gasteiger partial charge on any atom is 0.224 e. The van der Waals surface area contributed by atoms with Crippen molar-refractivity contribution in [2.45, 2.75) is 46.1 Å². The van der Waals surface area contributed by atoms with E-state index in [1.165, 1.54) is 12.8 Å². The minimum Gasteiger partial charge on any atom is -0.357 e. The number of benzene rings is 1. The molecule has 0 aliphatic carbocycles. The Bertz CT molecular complexity index is 582. The van der Waals surface area contributed by atoms with Crippen molar-refractivity contribution in [1.82, 2.24) is 9.97 Å². The Morgan fingerprint density at radius 1 is 1.19 bits per heavy atom. The number of nitrogens with zero attached hydrogens (tertiary/aromatic N) is 3. The van der Waals surface area contributed by atoms with Crippen LogP contribution in [-0.4, -0.2) is 29.6 Å². The number of para-hydroxylation sites is 1. The molecule has 0 aliphatic rings. The lowest BCUT2D eigenvalue weighted by Gasteiger charge is -2.30. The lowest BCUT2D eigenvalue weighted by Crippen LogP contribution is -2.34. The van der Waals surface area contributed by atoms with E-state index < -0.39 is 0 Å². The first-order chi connectivity index (χ1) is 10.2. The van der Waals surface area contributed by atoms with Gasteiger partial charge in [-0.25, -0.2) is 4.98 Å². The molecule has 0 saturated heterocycles. The highest BCUT2D eigenvalue weighted by Gasteiger charge is 2.18. The zero-order valence-corrected chi connectivity index (χ0v) is 13.6. The van der Waals surface area contributed by atoms with E-state index >= 15 is 0 Å². The largest absolute Gasteiger partial charge is 0.357 e. The van der Waals surface area contributed by atoms with Gasteiger partial charge in [0.1, 0.15) is 5.82 Å². The van der Waals surface area contributed by atoms with Gasteiger partial charge in [0.25, 0.3) is 0 Å². The number of aromatic nitrogens is 2. The van der Waals surface area contributed by atoms with Gasteiger partial charge in [0.2, 0.25) is 5.95 Å². The van der Waals surface area contributed by atoms with E-state index in [4.69, 9.17) is 4.98 Å². The molecule has 0 bridgehead atoms. The Balaban J connectivity index is 2.53. The molecular formula is C17H26N4. The Labute approximate surface area is 127 Å². The van der Waals surface area contributed by atoms with Gasteiger partial charge in [-0.2, -0.15) is 4.98 Å². The minimum atomic E-state index is 0.472. The zero-order valence-electron chi connectivity index (χ0n) is 13.6. The fraction of sp³-hybridized carbons (Fsp3) is 0.529. The van der Waals surface area contributed by atoms with Crippen molar-refractivity contribution in [1.29, 1.82) is 0 Å². The Kier molecular flexibility index (Phi) is 5.37. The number of fused-ring (bicyclic) bond motifs is 1. The molecule has 4 nitrogen and oxygen atoms in total. The second-order valence-electron chi connectivity index (χ2n) is 5.44. The predicted molar refractivity (Wildman–Crippen MR) is 91.1 cm³/mol. The summed E-state index contributed by atoms with van der Waals surface area (Å²) in [5, 5.41) is 4.21. The number of nitrogens with one attached hydrogen (secondary N) is 1. The number of hydrogen-bond donors (Lipinski definition) is 1. The monoisotopic (exact) mass is 286 g/mol. The summed E-state index contributed by atoms with van der Waals surface area (Å²) in [4.78, 5) is 11.7. The summed E-state index contributed by atoms with van der Waals surface area (Å²) in [7, 11) is 1.87. The number of anilines is 2. The molecule has 0 radical (unpaired) electrons. The van der Waals surface area contributed by atoms with Gasteiger partial charge >= 0.3 is 0 Å². The third-order valence-electron chi connectivity index (χ3n) is 3.95. The van der Waals surface area contributed by atoms with Crippen LogP contribution in [0.1, 0.15) is 40.0 Å². The van der Waals surface area contributed by atoms with Crippen molar-refractivity contribution >= 4 is 22.7 Å². The van der Waals surface area contributed by atoms with Crippen LogP contribution < -0.4 is 10.2 Å². The van der Waals surface area contributed by atoms with E-state index in [2.05, 4.69) is 54.2 Å². The smallest absolute Gasteiger partial charge is 0.224 e. The molecule has 4 heteroatoms. The fourth-order valence-electron chi connectivity index (χ4n) is 2.47. The van der Waals surface area contributed by atoms with Crippen LogP contribution in [-0.2, 0) is 0 Å². The maximum absolute atomic E-state index is 4.75. The summed E-state index contributed by atoms with van der Waals surface area (Å²) in [5.74, 6) is 1.74. The molecular weight excluding hydrogens is 260 g/mol. The normalized spacial score (nSPS) is 12.4. The third-order valence-corrected chi connectivity index (χ3v) is 3.95. The van der Waals surface area contributed by atoms with Crippen LogP contribution in [0.15, 0.2) is 24.3 Å².